The highest BCUT2D eigenvalue weighted by molar-refractivity contribution is 7.99. The number of carbonyl (C=O) groups is 2. The Bertz CT molecular complexity index is 174. The lowest BCUT2D eigenvalue weighted by Crippen LogP contribution is -2.37. The Morgan fingerprint density at radius 2 is 2.55 bits per heavy atom. The van der Waals surface area contributed by atoms with Crippen LogP contribution in [0.4, 0.5) is 0 Å². The van der Waals surface area contributed by atoms with Crippen molar-refractivity contribution >= 4 is 24.2 Å². The Balaban J connectivity index is 2.50. The lowest BCUT2D eigenvalue weighted by molar-refractivity contribution is -0.183. The molecule has 1 aliphatic rings. The summed E-state index contributed by atoms with van der Waals surface area (Å²) in [7, 11) is 0. The Hall–Kier alpha value is -0.750. The van der Waals surface area contributed by atoms with E-state index in [4.69, 9.17) is 5.11 Å². The number of hydrogen-bond acceptors (Lipinski definition) is 5. The molecule has 0 spiro atoms. The molecule has 1 N–H and O–H groups in total. The molecule has 0 amide bonds. The minimum absolute atomic E-state index is 0.238. The van der Waals surface area contributed by atoms with E-state index in [-0.39, 0.29) is 6.47 Å². The second-order valence-corrected chi connectivity index (χ2v) is 2.97. The largest absolute Gasteiger partial charge is 0.480 e. The van der Waals surface area contributed by atoms with Gasteiger partial charge < -0.3 is 9.94 Å². The Kier molecular flexibility index (Phi) is 2.72. The van der Waals surface area contributed by atoms with Gasteiger partial charge in [-0.1, -0.05) is 0 Å². The van der Waals surface area contributed by atoms with E-state index < -0.39 is 12.0 Å². The molecule has 1 unspecified atom stereocenters. The second kappa shape index (κ2) is 3.59. The third-order valence-corrected chi connectivity index (χ3v) is 2.29. The number of hydroxylamine groups is 2. The van der Waals surface area contributed by atoms with E-state index in [0.29, 0.717) is 11.6 Å². The lowest BCUT2D eigenvalue weighted by atomic mass is 10.3. The van der Waals surface area contributed by atoms with Crippen molar-refractivity contribution in [3.05, 3.63) is 0 Å². The highest BCUT2D eigenvalue weighted by Gasteiger charge is 2.32. The highest BCUT2D eigenvalue weighted by Crippen LogP contribution is 2.20. The maximum absolute atomic E-state index is 10.4. The van der Waals surface area contributed by atoms with Crippen molar-refractivity contribution in [2.45, 2.75) is 6.04 Å². The molecule has 0 aromatic heterocycles. The van der Waals surface area contributed by atoms with Crippen LogP contribution in [0.5, 0.6) is 0 Å². The molecule has 62 valence electrons. The quantitative estimate of drug-likeness (QED) is 0.588. The fourth-order valence-electron chi connectivity index (χ4n) is 0.781. The summed E-state index contributed by atoms with van der Waals surface area (Å²) in [6, 6.07) is -0.690. The Labute approximate surface area is 67.3 Å². The molecule has 1 heterocycles. The summed E-state index contributed by atoms with van der Waals surface area (Å²) in [4.78, 5) is 24.7. The first-order chi connectivity index (χ1) is 5.25. The highest BCUT2D eigenvalue weighted by atomic mass is 32.2. The number of carbonyl (C=O) groups excluding carboxylic acids is 1. The molecule has 0 radical (unpaired) electrons. The first-order valence-electron chi connectivity index (χ1n) is 2.93. The van der Waals surface area contributed by atoms with E-state index in [9.17, 15) is 9.59 Å². The standard InChI is InChI=1S/C5H7NO4S/c7-3-10-6-2-11-1-4(6)5(8)9/h3-4H,1-2H2,(H,8,9). The van der Waals surface area contributed by atoms with Crippen LogP contribution in [-0.4, -0.2) is 40.3 Å². The van der Waals surface area contributed by atoms with Gasteiger partial charge in [0, 0.05) is 5.75 Å². The fraction of sp³-hybridized carbons (Fsp3) is 0.600. The van der Waals surface area contributed by atoms with Gasteiger partial charge in [-0.05, 0) is 0 Å². The van der Waals surface area contributed by atoms with E-state index in [1.54, 1.807) is 0 Å². The van der Waals surface area contributed by atoms with Gasteiger partial charge in [-0.15, -0.1) is 16.8 Å². The third-order valence-electron chi connectivity index (χ3n) is 1.31. The number of rotatable bonds is 3. The molecule has 0 aromatic rings. The van der Waals surface area contributed by atoms with Crippen molar-refractivity contribution in [1.29, 1.82) is 0 Å². The summed E-state index contributed by atoms with van der Waals surface area (Å²) in [5.41, 5.74) is 0. The molecule has 5 nitrogen and oxygen atoms in total. The minimum Gasteiger partial charge on any atom is -0.480 e. The molecular weight excluding hydrogens is 170 g/mol. The minimum atomic E-state index is -0.961. The monoisotopic (exact) mass is 177 g/mol. The molecule has 1 fully saturated rings. The van der Waals surface area contributed by atoms with Gasteiger partial charge in [0.05, 0.1) is 5.88 Å². The Morgan fingerprint density at radius 3 is 3.09 bits per heavy atom. The van der Waals surface area contributed by atoms with Crippen LogP contribution in [0, 0.1) is 0 Å². The van der Waals surface area contributed by atoms with Crippen molar-refractivity contribution < 1.29 is 19.5 Å². The molecule has 0 aromatic carbocycles. The van der Waals surface area contributed by atoms with Crippen molar-refractivity contribution in [1.82, 2.24) is 5.06 Å². The number of carboxylic acid groups (broad SMARTS) is 1. The average molecular weight is 177 g/mol. The number of carboxylic acids is 1. The SMILES string of the molecule is O=CON1CSCC1C(=O)O. The van der Waals surface area contributed by atoms with Crippen LogP contribution >= 0.6 is 11.8 Å². The molecular formula is C5H7NO4S. The van der Waals surface area contributed by atoms with Gasteiger partial charge in [0.1, 0.15) is 0 Å². The zero-order valence-corrected chi connectivity index (χ0v) is 6.41. The van der Waals surface area contributed by atoms with Gasteiger partial charge in [-0.3, -0.25) is 9.59 Å². The number of thioether (sulfide) groups is 1. The van der Waals surface area contributed by atoms with E-state index >= 15 is 0 Å². The van der Waals surface area contributed by atoms with Crippen LogP contribution in [0.2, 0.25) is 0 Å². The zero-order valence-electron chi connectivity index (χ0n) is 5.60. The first-order valence-corrected chi connectivity index (χ1v) is 4.09. The Morgan fingerprint density at radius 1 is 1.82 bits per heavy atom. The number of hydrogen-bond donors (Lipinski definition) is 1. The zero-order chi connectivity index (χ0) is 8.27. The molecule has 11 heavy (non-hydrogen) atoms. The van der Waals surface area contributed by atoms with E-state index in [0.717, 1.165) is 5.06 Å². The smallest absolute Gasteiger partial charge is 0.325 e. The van der Waals surface area contributed by atoms with Gasteiger partial charge in [0.25, 0.3) is 0 Å². The number of nitrogens with zero attached hydrogens (tertiary/aromatic N) is 1. The van der Waals surface area contributed by atoms with Gasteiger partial charge >= 0.3 is 12.4 Å². The predicted octanol–water partition coefficient (Wildman–Crippen LogP) is -0.466. The van der Waals surface area contributed by atoms with E-state index in [2.05, 4.69) is 4.84 Å². The van der Waals surface area contributed by atoms with Crippen LogP contribution in [0.1, 0.15) is 0 Å². The summed E-state index contributed by atoms with van der Waals surface area (Å²) in [5, 5.41) is 9.71. The van der Waals surface area contributed by atoms with Crippen LogP contribution in [0.3, 0.4) is 0 Å². The lowest BCUT2D eigenvalue weighted by Gasteiger charge is -2.15. The molecule has 0 bridgehead atoms. The summed E-state index contributed by atoms with van der Waals surface area (Å²) >= 11 is 1.42. The molecule has 1 rings (SSSR count). The van der Waals surface area contributed by atoms with Gasteiger partial charge in [-0.2, -0.15) is 0 Å². The number of aliphatic carboxylic acids is 1. The van der Waals surface area contributed by atoms with Gasteiger partial charge in [0.15, 0.2) is 6.04 Å². The van der Waals surface area contributed by atoms with Crippen molar-refractivity contribution in [2.75, 3.05) is 11.6 Å². The maximum Gasteiger partial charge on any atom is 0.325 e. The predicted molar refractivity (Wildman–Crippen MR) is 37.7 cm³/mol. The first kappa shape index (κ1) is 8.35. The van der Waals surface area contributed by atoms with Gasteiger partial charge in [0.2, 0.25) is 0 Å². The summed E-state index contributed by atoms with van der Waals surface area (Å²) in [5.74, 6) is -0.0735. The van der Waals surface area contributed by atoms with Crippen LogP contribution < -0.4 is 0 Å². The fourth-order valence-corrected chi connectivity index (χ4v) is 1.84. The van der Waals surface area contributed by atoms with Crippen molar-refractivity contribution in [3.63, 3.8) is 0 Å². The topological polar surface area (TPSA) is 66.8 Å². The van der Waals surface area contributed by atoms with Crippen LogP contribution in [0.15, 0.2) is 0 Å². The third kappa shape index (κ3) is 1.84. The van der Waals surface area contributed by atoms with Crippen molar-refractivity contribution in [2.24, 2.45) is 0 Å². The molecule has 0 aliphatic carbocycles. The van der Waals surface area contributed by atoms with Gasteiger partial charge in [-0.25, -0.2) is 0 Å². The molecule has 6 heteroatoms. The van der Waals surface area contributed by atoms with E-state index in [1.807, 2.05) is 0 Å². The molecule has 1 aliphatic heterocycles. The summed E-state index contributed by atoms with van der Waals surface area (Å²) < 4.78 is 0. The average Bonchev–Trinajstić information content (AvgIpc) is 2.36. The molecule has 1 atom stereocenters. The normalized spacial score (nSPS) is 24.9. The molecule has 0 saturated carbocycles. The molecule has 1 saturated heterocycles. The summed E-state index contributed by atoms with van der Waals surface area (Å²) in [6.07, 6.45) is 0. The summed E-state index contributed by atoms with van der Waals surface area (Å²) in [6.45, 7) is 0.238. The van der Waals surface area contributed by atoms with Crippen molar-refractivity contribution in [3.8, 4) is 0 Å². The maximum atomic E-state index is 10.4. The van der Waals surface area contributed by atoms with Crippen LogP contribution in [0.25, 0.3) is 0 Å². The second-order valence-electron chi connectivity index (χ2n) is 1.97. The van der Waals surface area contributed by atoms with E-state index in [1.165, 1.54) is 11.8 Å². The van der Waals surface area contributed by atoms with Crippen LogP contribution in [-0.2, 0) is 14.4 Å².